The molecule has 0 bridgehead atoms. The van der Waals surface area contributed by atoms with Gasteiger partial charge in [-0.1, -0.05) is 47.4 Å². The quantitative estimate of drug-likeness (QED) is 0.365. The van der Waals surface area contributed by atoms with Crippen molar-refractivity contribution in [2.24, 2.45) is 5.92 Å². The van der Waals surface area contributed by atoms with E-state index in [1.54, 1.807) is 6.92 Å². The standard InChI is InChI=1S/C27H28ClN3O3/c1-15-7-4-8-16(2)25(15)29-22(32)14-18-9-5-10-19(13-18)31-21-12-6-11-20(28)24(21)26-23(27(31)33)17(3)34-30-26/h4,6-8,11-12,18-19H,5,9-10,13-14H2,1-3H3,(H,29,32)/t18-,19+/m1/s1. The molecular formula is C27H28ClN3O3. The molecule has 1 amide bonds. The van der Waals surface area contributed by atoms with E-state index in [2.05, 4.69) is 10.5 Å². The third kappa shape index (κ3) is 3.90. The molecule has 0 aliphatic heterocycles. The number of anilines is 1. The van der Waals surface area contributed by atoms with E-state index >= 15 is 0 Å². The number of carbonyl (C=O) groups is 1. The number of nitrogens with one attached hydrogen (secondary N) is 1. The van der Waals surface area contributed by atoms with Crippen molar-refractivity contribution >= 4 is 45.0 Å². The Morgan fingerprint density at radius 1 is 1.12 bits per heavy atom. The van der Waals surface area contributed by atoms with Crippen molar-refractivity contribution in [3.8, 4) is 0 Å². The molecule has 0 unspecified atom stereocenters. The van der Waals surface area contributed by atoms with Gasteiger partial charge in [0.2, 0.25) is 5.91 Å². The lowest BCUT2D eigenvalue weighted by atomic mass is 9.83. The van der Waals surface area contributed by atoms with Gasteiger partial charge in [0.25, 0.3) is 5.56 Å². The number of pyridine rings is 1. The number of halogens is 1. The summed E-state index contributed by atoms with van der Waals surface area (Å²) in [5, 5.41) is 9.02. The van der Waals surface area contributed by atoms with Crippen molar-refractivity contribution in [3.63, 3.8) is 0 Å². The van der Waals surface area contributed by atoms with Gasteiger partial charge in [-0.2, -0.15) is 0 Å². The molecule has 2 heterocycles. The van der Waals surface area contributed by atoms with Crippen LogP contribution in [-0.2, 0) is 4.79 Å². The second kappa shape index (κ2) is 8.91. The minimum absolute atomic E-state index is 0.0149. The van der Waals surface area contributed by atoms with Crippen LogP contribution >= 0.6 is 11.6 Å². The van der Waals surface area contributed by atoms with Crippen LogP contribution in [-0.4, -0.2) is 15.6 Å². The summed E-state index contributed by atoms with van der Waals surface area (Å²) < 4.78 is 7.24. The number of carbonyl (C=O) groups excluding carboxylic acids is 1. The van der Waals surface area contributed by atoms with Gasteiger partial charge in [0.05, 0.1) is 10.5 Å². The van der Waals surface area contributed by atoms with E-state index in [9.17, 15) is 9.59 Å². The molecule has 1 aliphatic rings. The van der Waals surface area contributed by atoms with Gasteiger partial charge in [-0.15, -0.1) is 0 Å². The van der Waals surface area contributed by atoms with E-state index in [4.69, 9.17) is 16.1 Å². The molecule has 34 heavy (non-hydrogen) atoms. The smallest absolute Gasteiger partial charge is 0.264 e. The van der Waals surface area contributed by atoms with Crippen LogP contribution in [0.4, 0.5) is 5.69 Å². The fourth-order valence-electron chi connectivity index (χ4n) is 5.48. The molecule has 0 saturated heterocycles. The topological polar surface area (TPSA) is 77.1 Å². The summed E-state index contributed by atoms with van der Waals surface area (Å²) in [6.07, 6.45) is 4.01. The molecule has 0 radical (unpaired) electrons. The molecule has 1 aliphatic carbocycles. The van der Waals surface area contributed by atoms with Crippen molar-refractivity contribution in [2.75, 3.05) is 5.32 Å². The van der Waals surface area contributed by atoms with Gasteiger partial charge >= 0.3 is 0 Å². The molecule has 2 aromatic heterocycles. The third-order valence-electron chi connectivity index (χ3n) is 7.12. The number of benzene rings is 2. The molecule has 6 nitrogen and oxygen atoms in total. The van der Waals surface area contributed by atoms with Crippen LogP contribution in [0.25, 0.3) is 21.8 Å². The first-order valence-corrected chi connectivity index (χ1v) is 12.2. The van der Waals surface area contributed by atoms with Crippen LogP contribution in [0.3, 0.4) is 0 Å². The van der Waals surface area contributed by atoms with Crippen molar-refractivity contribution in [1.82, 2.24) is 9.72 Å². The maximum Gasteiger partial charge on any atom is 0.264 e. The molecule has 1 fully saturated rings. The number of para-hydroxylation sites is 1. The molecule has 5 rings (SSSR count). The Balaban J connectivity index is 1.46. The monoisotopic (exact) mass is 477 g/mol. The molecule has 0 spiro atoms. The predicted octanol–water partition coefficient (Wildman–Crippen LogP) is 6.48. The average Bonchev–Trinajstić information content (AvgIpc) is 3.18. The first kappa shape index (κ1) is 22.7. The normalized spacial score (nSPS) is 18.5. The number of nitrogens with zero attached hydrogens (tertiary/aromatic N) is 2. The maximum absolute atomic E-state index is 13.6. The lowest BCUT2D eigenvalue weighted by Crippen LogP contribution is -2.30. The Hall–Kier alpha value is -3.12. The molecular weight excluding hydrogens is 450 g/mol. The van der Waals surface area contributed by atoms with Crippen molar-refractivity contribution in [3.05, 3.63) is 68.7 Å². The number of amides is 1. The first-order valence-electron chi connectivity index (χ1n) is 11.8. The Morgan fingerprint density at radius 2 is 1.85 bits per heavy atom. The van der Waals surface area contributed by atoms with Crippen LogP contribution in [0.15, 0.2) is 45.7 Å². The van der Waals surface area contributed by atoms with Crippen LogP contribution < -0.4 is 10.9 Å². The predicted molar refractivity (Wildman–Crippen MR) is 136 cm³/mol. The number of rotatable bonds is 4. The van der Waals surface area contributed by atoms with Gasteiger partial charge in [-0.25, -0.2) is 0 Å². The second-order valence-corrected chi connectivity index (χ2v) is 9.88. The number of hydrogen-bond acceptors (Lipinski definition) is 4. The zero-order valence-corrected chi connectivity index (χ0v) is 20.4. The molecule has 1 N–H and O–H groups in total. The van der Waals surface area contributed by atoms with Crippen molar-refractivity contribution in [1.29, 1.82) is 0 Å². The van der Waals surface area contributed by atoms with Gasteiger partial charge in [-0.05, 0) is 69.2 Å². The lowest BCUT2D eigenvalue weighted by molar-refractivity contribution is -0.117. The van der Waals surface area contributed by atoms with E-state index < -0.39 is 0 Å². The molecule has 7 heteroatoms. The van der Waals surface area contributed by atoms with Crippen molar-refractivity contribution < 1.29 is 9.32 Å². The fourth-order valence-corrected chi connectivity index (χ4v) is 5.74. The Morgan fingerprint density at radius 3 is 2.62 bits per heavy atom. The highest BCUT2D eigenvalue weighted by atomic mass is 35.5. The minimum Gasteiger partial charge on any atom is -0.360 e. The van der Waals surface area contributed by atoms with Gasteiger partial charge in [0.1, 0.15) is 16.7 Å². The van der Waals surface area contributed by atoms with Gasteiger partial charge in [0.15, 0.2) is 0 Å². The van der Waals surface area contributed by atoms with Gasteiger partial charge < -0.3 is 14.4 Å². The highest BCUT2D eigenvalue weighted by molar-refractivity contribution is 6.37. The molecule has 4 aromatic rings. The molecule has 176 valence electrons. The van der Waals surface area contributed by atoms with Crippen LogP contribution in [0, 0.1) is 26.7 Å². The molecule has 2 atom stereocenters. The van der Waals surface area contributed by atoms with Crippen LogP contribution in [0.5, 0.6) is 0 Å². The van der Waals surface area contributed by atoms with Crippen molar-refractivity contribution in [2.45, 2.75) is 58.9 Å². The largest absolute Gasteiger partial charge is 0.360 e. The van der Waals surface area contributed by atoms with E-state index in [1.165, 1.54) is 0 Å². The Bertz CT molecular complexity index is 1450. The third-order valence-corrected chi connectivity index (χ3v) is 7.44. The van der Waals surface area contributed by atoms with E-state index in [0.717, 1.165) is 53.4 Å². The fraction of sp³-hybridized carbons (Fsp3) is 0.370. The number of hydrogen-bond donors (Lipinski definition) is 1. The van der Waals surface area contributed by atoms with Crippen LogP contribution in [0.2, 0.25) is 5.02 Å². The zero-order chi connectivity index (χ0) is 24.0. The minimum atomic E-state index is -0.103. The van der Waals surface area contributed by atoms with E-state index in [1.807, 2.05) is 54.8 Å². The maximum atomic E-state index is 13.6. The van der Waals surface area contributed by atoms with Crippen LogP contribution in [0.1, 0.15) is 55.0 Å². The average molecular weight is 478 g/mol. The first-order chi connectivity index (χ1) is 16.3. The number of fused-ring (bicyclic) bond motifs is 3. The van der Waals surface area contributed by atoms with Gasteiger partial charge in [-0.3, -0.25) is 9.59 Å². The summed E-state index contributed by atoms with van der Waals surface area (Å²) in [7, 11) is 0. The second-order valence-electron chi connectivity index (χ2n) is 9.48. The molecule has 2 aromatic carbocycles. The summed E-state index contributed by atoms with van der Waals surface area (Å²) in [4.78, 5) is 26.5. The summed E-state index contributed by atoms with van der Waals surface area (Å²) in [5.41, 5.74) is 4.19. The zero-order valence-electron chi connectivity index (χ0n) is 19.7. The Kier molecular flexibility index (Phi) is 5.94. The summed E-state index contributed by atoms with van der Waals surface area (Å²) in [6, 6.07) is 11.6. The highest BCUT2D eigenvalue weighted by Crippen LogP contribution is 2.38. The number of aromatic nitrogens is 2. The van der Waals surface area contributed by atoms with E-state index in [-0.39, 0.29) is 23.4 Å². The summed E-state index contributed by atoms with van der Waals surface area (Å²) in [6.45, 7) is 5.76. The highest BCUT2D eigenvalue weighted by Gasteiger charge is 2.29. The number of aryl methyl sites for hydroxylation is 3. The summed E-state index contributed by atoms with van der Waals surface area (Å²) in [5.74, 6) is 0.716. The molecule has 1 saturated carbocycles. The van der Waals surface area contributed by atoms with E-state index in [0.29, 0.717) is 28.1 Å². The Labute approximate surface area is 202 Å². The SMILES string of the molecule is Cc1cccc(C)c1NC(=O)C[C@@H]1CCC[C@H](n2c(=O)c3c(C)onc3c3c(Cl)cccc32)C1. The lowest BCUT2D eigenvalue weighted by Gasteiger charge is -2.31. The van der Waals surface area contributed by atoms with Gasteiger partial charge in [0, 0.05) is 23.5 Å². The summed E-state index contributed by atoms with van der Waals surface area (Å²) >= 11 is 6.56.